The van der Waals surface area contributed by atoms with Crippen molar-refractivity contribution in [2.75, 3.05) is 20.3 Å². The lowest BCUT2D eigenvalue weighted by Crippen LogP contribution is -2.48. The molecule has 0 spiro atoms. The van der Waals surface area contributed by atoms with E-state index in [9.17, 15) is 14.4 Å². The first-order valence-electron chi connectivity index (χ1n) is 12.2. The monoisotopic (exact) mass is 496 g/mol. The van der Waals surface area contributed by atoms with E-state index in [-0.39, 0.29) is 32.0 Å². The van der Waals surface area contributed by atoms with Crippen molar-refractivity contribution < 1.29 is 33.3 Å². The second-order valence-electron chi connectivity index (χ2n) is 8.87. The number of carbonyl (C=O) groups excluding carboxylic acids is 3. The van der Waals surface area contributed by atoms with Gasteiger partial charge in [0.2, 0.25) is 0 Å². The highest BCUT2D eigenvalue weighted by Gasteiger charge is 2.44. The highest BCUT2D eigenvalue weighted by molar-refractivity contribution is 5.91. The summed E-state index contributed by atoms with van der Waals surface area (Å²) in [6.07, 6.45) is 1.58. The number of rotatable bonds is 8. The summed E-state index contributed by atoms with van der Waals surface area (Å²) in [5, 5.41) is 2.68. The number of carbonyl (C=O) groups is 3. The van der Waals surface area contributed by atoms with Gasteiger partial charge in [-0.25, -0.2) is 9.59 Å². The summed E-state index contributed by atoms with van der Waals surface area (Å²) in [6.45, 7) is 0.877. The van der Waals surface area contributed by atoms with E-state index in [2.05, 4.69) is 5.32 Å². The van der Waals surface area contributed by atoms with Gasteiger partial charge in [0, 0.05) is 19.6 Å². The van der Waals surface area contributed by atoms with Crippen LogP contribution in [0.25, 0.3) is 0 Å². The molecule has 0 aliphatic carbocycles. The summed E-state index contributed by atoms with van der Waals surface area (Å²) in [7, 11) is 1.29. The van der Waals surface area contributed by atoms with Crippen molar-refractivity contribution in [3.63, 3.8) is 0 Å². The molecule has 36 heavy (non-hydrogen) atoms. The summed E-state index contributed by atoms with van der Waals surface area (Å²) in [5.74, 6) is -0.971. The van der Waals surface area contributed by atoms with Crippen LogP contribution in [0.15, 0.2) is 60.7 Å². The molecule has 0 bridgehead atoms. The maximum Gasteiger partial charge on any atom is 0.408 e. The van der Waals surface area contributed by atoms with Crippen molar-refractivity contribution >= 4 is 18.0 Å². The third-order valence-electron chi connectivity index (χ3n) is 6.36. The number of hydrogen-bond acceptors (Lipinski definition) is 7. The second-order valence-corrected chi connectivity index (χ2v) is 8.87. The largest absolute Gasteiger partial charge is 0.467 e. The molecule has 192 valence electrons. The zero-order chi connectivity index (χ0) is 25.3. The number of alkyl carbamates (subject to hydrolysis) is 1. The van der Waals surface area contributed by atoms with Crippen LogP contribution in [0.2, 0.25) is 0 Å². The molecule has 2 aromatic rings. The van der Waals surface area contributed by atoms with Crippen LogP contribution in [0.5, 0.6) is 0 Å². The maximum absolute atomic E-state index is 13.8. The number of benzene rings is 2. The molecule has 0 saturated carbocycles. The van der Waals surface area contributed by atoms with Gasteiger partial charge in [-0.15, -0.1) is 0 Å². The number of amides is 2. The standard InChI is InChI=1S/C27H32N2O7/c1-33-26(31)22-16-21(36-23-14-8-9-15-34-23)17-29(22)25(30)24(20-12-6-3-7-13-20)28-27(32)35-18-19-10-4-2-5-11-19/h2-7,10-13,21-24H,8-9,14-18H2,1H3,(H,28,32)/t21-,22+,23?,24?/m1/s1. The first-order valence-corrected chi connectivity index (χ1v) is 12.2. The Hall–Kier alpha value is -3.43. The van der Waals surface area contributed by atoms with Gasteiger partial charge in [0.05, 0.1) is 13.2 Å². The molecule has 0 aromatic heterocycles. The van der Waals surface area contributed by atoms with Gasteiger partial charge in [-0.2, -0.15) is 0 Å². The van der Waals surface area contributed by atoms with Crippen molar-refractivity contribution in [3.05, 3.63) is 71.8 Å². The number of likely N-dealkylation sites (tertiary alicyclic amines) is 1. The molecule has 2 heterocycles. The molecule has 9 heteroatoms. The average Bonchev–Trinajstić information content (AvgIpc) is 3.35. The quantitative estimate of drug-likeness (QED) is 0.559. The maximum atomic E-state index is 13.8. The van der Waals surface area contributed by atoms with Crippen LogP contribution in [-0.2, 0) is 35.1 Å². The lowest BCUT2D eigenvalue weighted by atomic mass is 10.1. The van der Waals surface area contributed by atoms with Gasteiger partial charge in [0.15, 0.2) is 6.29 Å². The molecule has 9 nitrogen and oxygen atoms in total. The van der Waals surface area contributed by atoms with Crippen molar-refractivity contribution in [2.45, 2.75) is 56.8 Å². The molecular weight excluding hydrogens is 464 g/mol. The SMILES string of the molecule is COC(=O)[C@@H]1C[C@@H](OC2CCCCO2)CN1C(=O)C(NC(=O)OCc1ccccc1)c1ccccc1. The third-order valence-corrected chi connectivity index (χ3v) is 6.36. The summed E-state index contributed by atoms with van der Waals surface area (Å²) in [6, 6.07) is 16.2. The Labute approximate surface area is 210 Å². The van der Waals surface area contributed by atoms with Crippen molar-refractivity contribution in [1.29, 1.82) is 0 Å². The number of nitrogens with one attached hydrogen (secondary N) is 1. The van der Waals surface area contributed by atoms with E-state index in [1.54, 1.807) is 24.3 Å². The second kappa shape index (κ2) is 12.5. The molecule has 0 radical (unpaired) electrons. The predicted molar refractivity (Wildman–Crippen MR) is 130 cm³/mol. The molecule has 4 rings (SSSR count). The summed E-state index contributed by atoms with van der Waals surface area (Å²) in [4.78, 5) is 40.5. The minimum Gasteiger partial charge on any atom is -0.467 e. The molecule has 2 fully saturated rings. The topological polar surface area (TPSA) is 103 Å². The molecule has 2 amide bonds. The van der Waals surface area contributed by atoms with Crippen LogP contribution < -0.4 is 5.32 Å². The fraction of sp³-hybridized carbons (Fsp3) is 0.444. The Balaban J connectivity index is 1.48. The lowest BCUT2D eigenvalue weighted by Gasteiger charge is -2.28. The molecule has 2 aromatic carbocycles. The predicted octanol–water partition coefficient (Wildman–Crippen LogP) is 3.34. The van der Waals surface area contributed by atoms with Crippen LogP contribution in [0.1, 0.15) is 42.9 Å². The number of nitrogens with zero attached hydrogens (tertiary/aromatic N) is 1. The Kier molecular flexibility index (Phi) is 8.91. The van der Waals surface area contributed by atoms with Crippen LogP contribution >= 0.6 is 0 Å². The first-order chi connectivity index (χ1) is 17.5. The highest BCUT2D eigenvalue weighted by Crippen LogP contribution is 2.28. The zero-order valence-electron chi connectivity index (χ0n) is 20.3. The normalized spacial score (nSPS) is 22.5. The van der Waals surface area contributed by atoms with Crippen LogP contribution in [0.4, 0.5) is 4.79 Å². The van der Waals surface area contributed by atoms with E-state index in [0.29, 0.717) is 12.2 Å². The number of ether oxygens (including phenoxy) is 4. The van der Waals surface area contributed by atoms with Crippen LogP contribution in [-0.4, -0.2) is 61.6 Å². The fourth-order valence-corrected chi connectivity index (χ4v) is 4.51. The van der Waals surface area contributed by atoms with Gasteiger partial charge in [0.25, 0.3) is 5.91 Å². The molecule has 2 saturated heterocycles. The molecule has 4 atom stereocenters. The summed E-state index contributed by atoms with van der Waals surface area (Å²) >= 11 is 0. The number of hydrogen-bond donors (Lipinski definition) is 1. The lowest BCUT2D eigenvalue weighted by molar-refractivity contribution is -0.185. The third kappa shape index (κ3) is 6.61. The van der Waals surface area contributed by atoms with Gasteiger partial charge in [-0.3, -0.25) is 4.79 Å². The van der Waals surface area contributed by atoms with Gasteiger partial charge in [-0.05, 0) is 30.4 Å². The zero-order valence-corrected chi connectivity index (χ0v) is 20.3. The highest BCUT2D eigenvalue weighted by atomic mass is 16.7. The first kappa shape index (κ1) is 25.7. The summed E-state index contributed by atoms with van der Waals surface area (Å²) in [5.41, 5.74) is 1.40. The van der Waals surface area contributed by atoms with Crippen molar-refractivity contribution in [1.82, 2.24) is 10.2 Å². The Morgan fingerprint density at radius 1 is 1.06 bits per heavy atom. The van der Waals surface area contributed by atoms with E-state index < -0.39 is 30.1 Å². The Morgan fingerprint density at radius 3 is 2.44 bits per heavy atom. The molecule has 1 N–H and O–H groups in total. The van der Waals surface area contributed by atoms with E-state index >= 15 is 0 Å². The number of esters is 1. The molecule has 2 aliphatic rings. The smallest absolute Gasteiger partial charge is 0.408 e. The minimum absolute atomic E-state index is 0.0637. The van der Waals surface area contributed by atoms with Gasteiger partial charge in [0.1, 0.15) is 18.7 Å². The van der Waals surface area contributed by atoms with Gasteiger partial charge >= 0.3 is 12.1 Å². The average molecular weight is 497 g/mol. The van der Waals surface area contributed by atoms with Crippen LogP contribution in [0.3, 0.4) is 0 Å². The summed E-state index contributed by atoms with van der Waals surface area (Å²) < 4.78 is 22.1. The number of methoxy groups -OCH3 is 1. The molecule has 2 aliphatic heterocycles. The minimum atomic E-state index is -1.05. The van der Waals surface area contributed by atoms with Crippen molar-refractivity contribution in [2.24, 2.45) is 0 Å². The molecule has 2 unspecified atom stereocenters. The van der Waals surface area contributed by atoms with E-state index in [0.717, 1.165) is 24.8 Å². The van der Waals surface area contributed by atoms with Gasteiger partial charge < -0.3 is 29.2 Å². The molecular formula is C27H32N2O7. The van der Waals surface area contributed by atoms with Crippen LogP contribution in [0, 0.1) is 0 Å². The van der Waals surface area contributed by atoms with E-state index in [1.807, 2.05) is 36.4 Å². The Bertz CT molecular complexity index is 1010. The van der Waals surface area contributed by atoms with E-state index in [1.165, 1.54) is 12.0 Å². The van der Waals surface area contributed by atoms with Gasteiger partial charge in [-0.1, -0.05) is 60.7 Å². The Morgan fingerprint density at radius 2 is 1.78 bits per heavy atom. The van der Waals surface area contributed by atoms with Crippen molar-refractivity contribution in [3.8, 4) is 0 Å². The fourth-order valence-electron chi connectivity index (χ4n) is 4.51. The van der Waals surface area contributed by atoms with E-state index in [4.69, 9.17) is 18.9 Å².